The van der Waals surface area contributed by atoms with E-state index in [9.17, 15) is 4.79 Å². The molecule has 0 fully saturated rings. The number of carbonyl (C=O) groups is 1. The second-order valence-corrected chi connectivity index (χ2v) is 2.72. The van der Waals surface area contributed by atoms with Crippen LogP contribution in [-0.2, 0) is 4.79 Å². The molecule has 0 bridgehead atoms. The van der Waals surface area contributed by atoms with E-state index in [1.807, 2.05) is 19.9 Å². The van der Waals surface area contributed by atoms with E-state index in [1.165, 1.54) is 0 Å². The van der Waals surface area contributed by atoms with E-state index in [0.29, 0.717) is 0 Å². The Bertz CT molecular complexity index is 323. The Labute approximate surface area is 70.7 Å². The molecule has 2 N–H and O–H groups in total. The number of carboxylic acids is 1. The summed E-state index contributed by atoms with van der Waals surface area (Å²) in [4.78, 5) is 13.2. The van der Waals surface area contributed by atoms with Gasteiger partial charge >= 0.3 is 5.97 Å². The maximum absolute atomic E-state index is 10.2. The fourth-order valence-electron chi connectivity index (χ4n) is 1.08. The molecule has 0 saturated heterocycles. The first-order chi connectivity index (χ1) is 5.59. The quantitative estimate of drug-likeness (QED) is 0.655. The summed E-state index contributed by atoms with van der Waals surface area (Å²) in [5.74, 6) is -0.929. The van der Waals surface area contributed by atoms with E-state index in [0.717, 1.165) is 23.0 Å². The lowest BCUT2D eigenvalue weighted by molar-refractivity contribution is -0.131. The summed E-state index contributed by atoms with van der Waals surface area (Å²) in [5.41, 5.74) is 2.96. The highest BCUT2D eigenvalue weighted by Gasteiger charge is 1.97. The van der Waals surface area contributed by atoms with Gasteiger partial charge in [0.2, 0.25) is 0 Å². The Morgan fingerprint density at radius 3 is 2.67 bits per heavy atom. The van der Waals surface area contributed by atoms with E-state index in [1.54, 1.807) is 6.08 Å². The van der Waals surface area contributed by atoms with Crippen molar-refractivity contribution >= 4 is 12.0 Å². The van der Waals surface area contributed by atoms with E-state index in [-0.39, 0.29) is 0 Å². The topological polar surface area (TPSA) is 53.1 Å². The molecule has 64 valence electrons. The van der Waals surface area contributed by atoms with Gasteiger partial charge in [-0.2, -0.15) is 0 Å². The van der Waals surface area contributed by atoms with E-state index in [2.05, 4.69) is 4.98 Å². The van der Waals surface area contributed by atoms with Crippen molar-refractivity contribution in [3.8, 4) is 0 Å². The van der Waals surface area contributed by atoms with Gasteiger partial charge in [-0.1, -0.05) is 0 Å². The standard InChI is InChI=1S/C9H11NO2/c1-6-5-7(2)10-8(6)3-4-9(11)12/h3-5,10H,1-2H3,(H,11,12). The number of aryl methyl sites for hydroxylation is 2. The van der Waals surface area contributed by atoms with Crippen LogP contribution >= 0.6 is 0 Å². The van der Waals surface area contributed by atoms with Crippen molar-refractivity contribution in [2.45, 2.75) is 13.8 Å². The number of aromatic amines is 1. The largest absolute Gasteiger partial charge is 0.478 e. The second-order valence-electron chi connectivity index (χ2n) is 2.72. The monoisotopic (exact) mass is 165 g/mol. The van der Waals surface area contributed by atoms with Crippen molar-refractivity contribution in [3.63, 3.8) is 0 Å². The lowest BCUT2D eigenvalue weighted by atomic mass is 10.2. The molecule has 1 rings (SSSR count). The summed E-state index contributed by atoms with van der Waals surface area (Å²) in [5, 5.41) is 8.37. The van der Waals surface area contributed by atoms with Crippen LogP contribution in [0.2, 0.25) is 0 Å². The Kier molecular flexibility index (Phi) is 2.33. The summed E-state index contributed by atoms with van der Waals surface area (Å²) in [6, 6.07) is 1.97. The maximum Gasteiger partial charge on any atom is 0.328 e. The third-order valence-electron chi connectivity index (χ3n) is 1.58. The number of hydrogen-bond acceptors (Lipinski definition) is 1. The smallest absolute Gasteiger partial charge is 0.328 e. The third kappa shape index (κ3) is 1.99. The van der Waals surface area contributed by atoms with Gasteiger partial charge in [-0.3, -0.25) is 0 Å². The number of nitrogens with one attached hydrogen (secondary N) is 1. The first kappa shape index (κ1) is 8.59. The summed E-state index contributed by atoms with van der Waals surface area (Å²) in [6.07, 6.45) is 2.68. The van der Waals surface area contributed by atoms with Gasteiger partial charge in [0.05, 0.1) is 0 Å². The summed E-state index contributed by atoms with van der Waals surface area (Å²) < 4.78 is 0. The Morgan fingerprint density at radius 2 is 2.25 bits per heavy atom. The molecule has 0 radical (unpaired) electrons. The zero-order valence-corrected chi connectivity index (χ0v) is 7.09. The molecule has 0 atom stereocenters. The normalized spacial score (nSPS) is 10.8. The van der Waals surface area contributed by atoms with Crippen LogP contribution < -0.4 is 0 Å². The molecule has 0 aliphatic rings. The van der Waals surface area contributed by atoms with Gasteiger partial charge in [-0.15, -0.1) is 0 Å². The van der Waals surface area contributed by atoms with Gasteiger partial charge < -0.3 is 10.1 Å². The van der Waals surface area contributed by atoms with Gasteiger partial charge in [-0.05, 0) is 31.6 Å². The molecule has 1 heterocycles. The maximum atomic E-state index is 10.2. The van der Waals surface area contributed by atoms with Crippen molar-refractivity contribution in [2.75, 3.05) is 0 Å². The lowest BCUT2D eigenvalue weighted by Crippen LogP contribution is -1.86. The van der Waals surface area contributed by atoms with Crippen molar-refractivity contribution in [1.82, 2.24) is 4.98 Å². The molecule has 0 aromatic carbocycles. The van der Waals surface area contributed by atoms with Crippen LogP contribution in [0.4, 0.5) is 0 Å². The number of H-pyrrole nitrogens is 1. The van der Waals surface area contributed by atoms with Crippen LogP contribution in [0, 0.1) is 13.8 Å². The molecule has 0 aliphatic carbocycles. The number of aliphatic carboxylic acids is 1. The van der Waals surface area contributed by atoms with E-state index < -0.39 is 5.97 Å². The highest BCUT2D eigenvalue weighted by atomic mass is 16.4. The zero-order valence-electron chi connectivity index (χ0n) is 7.09. The van der Waals surface area contributed by atoms with E-state index >= 15 is 0 Å². The highest BCUT2D eigenvalue weighted by molar-refractivity contribution is 5.85. The molecular weight excluding hydrogens is 154 g/mol. The molecule has 1 aromatic heterocycles. The van der Waals surface area contributed by atoms with Crippen molar-refractivity contribution in [2.24, 2.45) is 0 Å². The SMILES string of the molecule is Cc1cc(C)c(C=CC(=O)O)[nH]1. The molecule has 12 heavy (non-hydrogen) atoms. The fraction of sp³-hybridized carbons (Fsp3) is 0.222. The lowest BCUT2D eigenvalue weighted by Gasteiger charge is -1.87. The molecule has 3 heteroatoms. The minimum absolute atomic E-state index is 0.856. The number of aromatic nitrogens is 1. The Morgan fingerprint density at radius 1 is 1.58 bits per heavy atom. The molecule has 0 spiro atoms. The molecule has 0 saturated carbocycles. The van der Waals surface area contributed by atoms with Gasteiger partial charge in [0.1, 0.15) is 0 Å². The second kappa shape index (κ2) is 3.26. The summed E-state index contributed by atoms with van der Waals surface area (Å²) >= 11 is 0. The Balaban J connectivity index is 2.89. The summed E-state index contributed by atoms with van der Waals surface area (Å²) in [7, 11) is 0. The molecule has 0 unspecified atom stereocenters. The van der Waals surface area contributed by atoms with Crippen LogP contribution in [0.3, 0.4) is 0 Å². The van der Waals surface area contributed by atoms with Crippen LogP contribution in [0.5, 0.6) is 0 Å². The first-order valence-corrected chi connectivity index (χ1v) is 3.67. The predicted molar refractivity (Wildman–Crippen MR) is 46.9 cm³/mol. The molecule has 1 aromatic rings. The molecule has 3 nitrogen and oxygen atoms in total. The highest BCUT2D eigenvalue weighted by Crippen LogP contribution is 2.09. The molecular formula is C9H11NO2. The average molecular weight is 165 g/mol. The van der Waals surface area contributed by atoms with Gasteiger partial charge in [0.15, 0.2) is 0 Å². The fourth-order valence-corrected chi connectivity index (χ4v) is 1.08. The minimum atomic E-state index is -0.929. The first-order valence-electron chi connectivity index (χ1n) is 3.67. The number of hydrogen-bond donors (Lipinski definition) is 2. The van der Waals surface area contributed by atoms with E-state index in [4.69, 9.17) is 5.11 Å². The van der Waals surface area contributed by atoms with Crippen molar-refractivity contribution in [1.29, 1.82) is 0 Å². The van der Waals surface area contributed by atoms with Gasteiger partial charge in [0, 0.05) is 17.5 Å². The van der Waals surface area contributed by atoms with Crippen molar-refractivity contribution in [3.05, 3.63) is 29.1 Å². The number of carboxylic acid groups (broad SMARTS) is 1. The Hall–Kier alpha value is -1.51. The molecule has 0 aliphatic heterocycles. The summed E-state index contributed by atoms with van der Waals surface area (Å²) in [6.45, 7) is 3.87. The van der Waals surface area contributed by atoms with Crippen LogP contribution in [-0.4, -0.2) is 16.1 Å². The number of rotatable bonds is 2. The van der Waals surface area contributed by atoms with Crippen LogP contribution in [0.25, 0.3) is 6.08 Å². The van der Waals surface area contributed by atoms with Crippen LogP contribution in [0.1, 0.15) is 17.0 Å². The van der Waals surface area contributed by atoms with Gasteiger partial charge in [0.25, 0.3) is 0 Å². The average Bonchev–Trinajstić information content (AvgIpc) is 2.26. The van der Waals surface area contributed by atoms with Crippen LogP contribution in [0.15, 0.2) is 12.1 Å². The van der Waals surface area contributed by atoms with Gasteiger partial charge in [-0.25, -0.2) is 4.79 Å². The molecule has 0 amide bonds. The van der Waals surface area contributed by atoms with Crippen molar-refractivity contribution < 1.29 is 9.90 Å². The predicted octanol–water partition coefficient (Wildman–Crippen LogP) is 1.73. The minimum Gasteiger partial charge on any atom is -0.478 e. The zero-order chi connectivity index (χ0) is 9.14. The third-order valence-corrected chi connectivity index (χ3v) is 1.58.